The molecule has 0 fully saturated rings. The van der Waals surface area contributed by atoms with Gasteiger partial charge in [0, 0.05) is 21.9 Å². The number of benzene rings is 2. The van der Waals surface area contributed by atoms with Gasteiger partial charge in [-0.15, -0.1) is 11.3 Å². The highest BCUT2D eigenvalue weighted by Crippen LogP contribution is 2.40. The lowest BCUT2D eigenvalue weighted by atomic mass is 9.94. The molecule has 0 aliphatic rings. The largest absolute Gasteiger partial charge is 0.496 e. The van der Waals surface area contributed by atoms with E-state index in [0.29, 0.717) is 12.5 Å². The molecule has 1 atom stereocenters. The maximum atomic E-state index is 12.3. The van der Waals surface area contributed by atoms with E-state index in [0.717, 1.165) is 37.9 Å². The van der Waals surface area contributed by atoms with Crippen molar-refractivity contribution in [2.24, 2.45) is 5.73 Å². The Bertz CT molecular complexity index is 1140. The molecule has 4 nitrogen and oxygen atoms in total. The van der Waals surface area contributed by atoms with Crippen LogP contribution in [0.2, 0.25) is 0 Å². The number of pyridine rings is 1. The fraction of sp³-hybridized carbons (Fsp3) is 0.190. The van der Waals surface area contributed by atoms with Gasteiger partial charge in [0.05, 0.1) is 7.11 Å². The summed E-state index contributed by atoms with van der Waals surface area (Å²) in [6.07, 6.45) is 0. The van der Waals surface area contributed by atoms with Gasteiger partial charge >= 0.3 is 0 Å². The van der Waals surface area contributed by atoms with Crippen molar-refractivity contribution in [3.05, 3.63) is 63.8 Å². The van der Waals surface area contributed by atoms with Crippen molar-refractivity contribution in [1.82, 2.24) is 4.98 Å². The van der Waals surface area contributed by atoms with Crippen molar-refractivity contribution in [3.8, 4) is 16.9 Å². The lowest BCUT2D eigenvalue weighted by Gasteiger charge is -2.15. The van der Waals surface area contributed by atoms with Crippen LogP contribution in [0, 0.1) is 0 Å². The lowest BCUT2D eigenvalue weighted by Crippen LogP contribution is -2.08. The van der Waals surface area contributed by atoms with Crippen molar-refractivity contribution >= 4 is 32.3 Å². The second-order valence-electron chi connectivity index (χ2n) is 6.44. The zero-order valence-electron chi connectivity index (χ0n) is 14.7. The molecule has 2 aromatic heterocycles. The van der Waals surface area contributed by atoms with Crippen LogP contribution in [0.1, 0.15) is 18.4 Å². The molecule has 0 amide bonds. The number of nitrogens with two attached hydrogens (primary N) is 1. The second kappa shape index (κ2) is 6.59. The molecule has 4 rings (SSSR count). The number of methoxy groups -OCH3 is 1. The first-order valence-corrected chi connectivity index (χ1v) is 9.42. The third kappa shape index (κ3) is 2.60. The van der Waals surface area contributed by atoms with Crippen LogP contribution in [0.15, 0.2) is 52.6 Å². The number of hydrogen-bond donors (Lipinski definition) is 2. The van der Waals surface area contributed by atoms with Crippen LogP contribution in [0.4, 0.5) is 0 Å². The number of H-pyrrole nitrogens is 1. The van der Waals surface area contributed by atoms with E-state index >= 15 is 0 Å². The number of aromatic nitrogens is 1. The zero-order valence-corrected chi connectivity index (χ0v) is 15.5. The topological polar surface area (TPSA) is 68.1 Å². The van der Waals surface area contributed by atoms with E-state index in [2.05, 4.69) is 36.2 Å². The molecule has 0 aliphatic heterocycles. The van der Waals surface area contributed by atoms with E-state index in [1.165, 1.54) is 16.9 Å². The Balaban J connectivity index is 2.04. The third-order valence-corrected chi connectivity index (χ3v) is 5.81. The molecule has 2 aromatic carbocycles. The van der Waals surface area contributed by atoms with Gasteiger partial charge in [0.25, 0.3) is 5.56 Å². The molecule has 0 spiro atoms. The van der Waals surface area contributed by atoms with Crippen molar-refractivity contribution in [3.63, 3.8) is 0 Å². The van der Waals surface area contributed by atoms with Gasteiger partial charge in [-0.2, -0.15) is 0 Å². The summed E-state index contributed by atoms with van der Waals surface area (Å²) in [5.74, 6) is 1.11. The molecule has 0 bridgehead atoms. The number of fused-ring (bicyclic) bond motifs is 3. The fourth-order valence-corrected chi connectivity index (χ4v) is 4.19. The van der Waals surface area contributed by atoms with Gasteiger partial charge in [-0.25, -0.2) is 0 Å². The van der Waals surface area contributed by atoms with E-state index in [1.54, 1.807) is 7.11 Å². The van der Waals surface area contributed by atoms with E-state index in [9.17, 15) is 4.79 Å². The number of nitrogens with one attached hydrogen (secondary N) is 1. The first-order chi connectivity index (χ1) is 12.6. The van der Waals surface area contributed by atoms with Gasteiger partial charge in [-0.3, -0.25) is 4.79 Å². The molecule has 3 N–H and O–H groups in total. The molecule has 26 heavy (non-hydrogen) atoms. The summed E-state index contributed by atoms with van der Waals surface area (Å²) in [7, 11) is 1.67. The molecule has 4 aromatic rings. The summed E-state index contributed by atoms with van der Waals surface area (Å²) in [6, 6.07) is 14.2. The Kier molecular flexibility index (Phi) is 4.26. The van der Waals surface area contributed by atoms with Crippen LogP contribution in [0.5, 0.6) is 5.75 Å². The average Bonchev–Trinajstić information content (AvgIpc) is 3.17. The van der Waals surface area contributed by atoms with Gasteiger partial charge in [-0.1, -0.05) is 31.2 Å². The predicted molar refractivity (Wildman–Crippen MR) is 109 cm³/mol. The maximum absolute atomic E-state index is 12.3. The highest BCUT2D eigenvalue weighted by molar-refractivity contribution is 7.17. The van der Waals surface area contributed by atoms with E-state index < -0.39 is 0 Å². The SMILES string of the molecule is COc1ccc2[nH]c(=O)c3sccc3c2c1-c1ccc(C(C)CN)cc1. The smallest absolute Gasteiger partial charge is 0.266 e. The summed E-state index contributed by atoms with van der Waals surface area (Å²) < 4.78 is 6.39. The van der Waals surface area contributed by atoms with Crippen molar-refractivity contribution in [2.75, 3.05) is 13.7 Å². The monoisotopic (exact) mass is 364 g/mol. The van der Waals surface area contributed by atoms with Crippen LogP contribution in [0.3, 0.4) is 0 Å². The van der Waals surface area contributed by atoms with Crippen LogP contribution in [0.25, 0.3) is 32.1 Å². The number of rotatable bonds is 4. The van der Waals surface area contributed by atoms with E-state index in [4.69, 9.17) is 10.5 Å². The summed E-state index contributed by atoms with van der Waals surface area (Å²) in [5, 5.41) is 3.93. The molecule has 5 heteroatoms. The van der Waals surface area contributed by atoms with Crippen molar-refractivity contribution in [1.29, 1.82) is 0 Å². The maximum Gasteiger partial charge on any atom is 0.266 e. The molecule has 0 saturated carbocycles. The summed E-state index contributed by atoms with van der Waals surface area (Å²) >= 11 is 1.46. The van der Waals surface area contributed by atoms with Gasteiger partial charge in [0.1, 0.15) is 10.4 Å². The molecule has 0 radical (unpaired) electrons. The summed E-state index contributed by atoms with van der Waals surface area (Å²) in [4.78, 5) is 15.3. The molecular weight excluding hydrogens is 344 g/mol. The standard InChI is InChI=1S/C21H20N2O2S/c1-12(11-22)13-3-5-14(6-4-13)18-17(25-2)8-7-16-19(18)15-9-10-26-20(15)21(24)23-16/h3-10,12H,11,22H2,1-2H3,(H,23,24). The van der Waals surface area contributed by atoms with Crippen LogP contribution in [-0.2, 0) is 0 Å². The predicted octanol–water partition coefficient (Wildman–Crippen LogP) is 4.48. The van der Waals surface area contributed by atoms with Gasteiger partial charge in [0.15, 0.2) is 0 Å². The minimum Gasteiger partial charge on any atom is -0.496 e. The van der Waals surface area contributed by atoms with Gasteiger partial charge in [-0.05, 0) is 47.2 Å². The van der Waals surface area contributed by atoms with E-state index in [1.807, 2.05) is 23.6 Å². The lowest BCUT2D eigenvalue weighted by molar-refractivity contribution is 0.417. The van der Waals surface area contributed by atoms with Crippen LogP contribution < -0.4 is 16.0 Å². The first kappa shape index (κ1) is 16.8. The second-order valence-corrected chi connectivity index (χ2v) is 7.36. The van der Waals surface area contributed by atoms with Gasteiger partial charge < -0.3 is 15.5 Å². The Morgan fingerprint density at radius 1 is 1.15 bits per heavy atom. The molecular formula is C21H20N2O2S. The van der Waals surface area contributed by atoms with Crippen molar-refractivity contribution in [2.45, 2.75) is 12.8 Å². The fourth-order valence-electron chi connectivity index (χ4n) is 3.40. The van der Waals surface area contributed by atoms with Gasteiger partial charge in [0.2, 0.25) is 0 Å². The number of aromatic amines is 1. The molecule has 0 aliphatic carbocycles. The Hall–Kier alpha value is -2.63. The highest BCUT2D eigenvalue weighted by atomic mass is 32.1. The van der Waals surface area contributed by atoms with E-state index in [-0.39, 0.29) is 5.56 Å². The highest BCUT2D eigenvalue weighted by Gasteiger charge is 2.16. The summed E-state index contributed by atoms with van der Waals surface area (Å²) in [6.45, 7) is 2.74. The minimum atomic E-state index is -0.0502. The quantitative estimate of drug-likeness (QED) is 0.561. The van der Waals surface area contributed by atoms with Crippen LogP contribution in [-0.4, -0.2) is 18.6 Å². The Morgan fingerprint density at radius 2 is 1.92 bits per heavy atom. The average molecular weight is 364 g/mol. The molecule has 1 unspecified atom stereocenters. The van der Waals surface area contributed by atoms with Crippen molar-refractivity contribution < 1.29 is 4.74 Å². The normalized spacial score (nSPS) is 12.6. The van der Waals surface area contributed by atoms with Crippen LogP contribution >= 0.6 is 11.3 Å². The zero-order chi connectivity index (χ0) is 18.3. The number of thiophene rings is 1. The molecule has 0 saturated heterocycles. The first-order valence-electron chi connectivity index (χ1n) is 8.54. The Morgan fingerprint density at radius 3 is 2.62 bits per heavy atom. The third-order valence-electron chi connectivity index (χ3n) is 4.90. The summed E-state index contributed by atoms with van der Waals surface area (Å²) in [5.41, 5.74) is 9.82. The number of hydrogen-bond acceptors (Lipinski definition) is 4. The molecule has 2 heterocycles. The Labute approximate surface area is 155 Å². The molecule has 132 valence electrons. The minimum absolute atomic E-state index is 0.0502. The number of ether oxygens (including phenoxy) is 1.